The summed E-state index contributed by atoms with van der Waals surface area (Å²) in [5, 5.41) is 11.5. The largest absolute Gasteiger partial charge is 0.478 e. The van der Waals surface area contributed by atoms with E-state index in [2.05, 4.69) is 5.32 Å². The number of hydrogen-bond donors (Lipinski definition) is 3. The number of amides is 1. The summed E-state index contributed by atoms with van der Waals surface area (Å²) in [5.41, 5.74) is 6.08. The molecule has 0 heterocycles. The zero-order valence-electron chi connectivity index (χ0n) is 9.94. The standard InChI is InChI=1S/C12H15ClN2O3/c1-2-3-10(14)11(16)15-7-4-5-8(12(17)18)9(13)6-7/h4-6,10H,2-3,14H2,1H3,(H,15,16)(H,17,18)/t10-/m1/s1. The summed E-state index contributed by atoms with van der Waals surface area (Å²) in [7, 11) is 0. The van der Waals surface area contributed by atoms with Gasteiger partial charge in [-0.3, -0.25) is 4.79 Å². The first-order valence-corrected chi connectivity index (χ1v) is 5.92. The molecule has 0 aliphatic heterocycles. The predicted octanol–water partition coefficient (Wildman–Crippen LogP) is 2.10. The van der Waals surface area contributed by atoms with Crippen molar-refractivity contribution < 1.29 is 14.7 Å². The summed E-state index contributed by atoms with van der Waals surface area (Å²) in [6, 6.07) is 3.63. The van der Waals surface area contributed by atoms with Crippen LogP contribution >= 0.6 is 11.6 Å². The van der Waals surface area contributed by atoms with Crippen LogP contribution in [0.25, 0.3) is 0 Å². The third-order valence-electron chi connectivity index (χ3n) is 2.40. The predicted molar refractivity (Wildman–Crippen MR) is 69.9 cm³/mol. The van der Waals surface area contributed by atoms with Crippen molar-refractivity contribution in [2.75, 3.05) is 5.32 Å². The highest BCUT2D eigenvalue weighted by atomic mass is 35.5. The second-order valence-electron chi connectivity index (χ2n) is 3.88. The number of halogens is 1. The van der Waals surface area contributed by atoms with Crippen LogP contribution in [-0.4, -0.2) is 23.0 Å². The quantitative estimate of drug-likeness (QED) is 0.764. The van der Waals surface area contributed by atoms with Gasteiger partial charge in [0.1, 0.15) is 0 Å². The maximum absolute atomic E-state index is 11.6. The molecule has 1 amide bonds. The molecule has 5 nitrogen and oxygen atoms in total. The Bertz CT molecular complexity index is 463. The second kappa shape index (κ2) is 6.37. The number of aromatic carboxylic acids is 1. The van der Waals surface area contributed by atoms with Crippen LogP contribution in [0.1, 0.15) is 30.1 Å². The van der Waals surface area contributed by atoms with Gasteiger partial charge in [0.2, 0.25) is 5.91 Å². The lowest BCUT2D eigenvalue weighted by Gasteiger charge is -2.11. The van der Waals surface area contributed by atoms with Crippen LogP contribution in [0, 0.1) is 0 Å². The molecule has 1 aromatic carbocycles. The molecule has 0 bridgehead atoms. The van der Waals surface area contributed by atoms with Crippen molar-refractivity contribution in [2.45, 2.75) is 25.8 Å². The van der Waals surface area contributed by atoms with E-state index in [9.17, 15) is 9.59 Å². The highest BCUT2D eigenvalue weighted by Crippen LogP contribution is 2.21. The monoisotopic (exact) mass is 270 g/mol. The average Bonchev–Trinajstić information content (AvgIpc) is 2.28. The molecule has 1 rings (SSSR count). The van der Waals surface area contributed by atoms with Gasteiger partial charge in [0.15, 0.2) is 0 Å². The van der Waals surface area contributed by atoms with Crippen LogP contribution in [0.5, 0.6) is 0 Å². The Balaban J connectivity index is 2.77. The summed E-state index contributed by atoms with van der Waals surface area (Å²) in [6.07, 6.45) is 1.40. The number of nitrogens with two attached hydrogens (primary N) is 1. The Morgan fingerprint density at radius 2 is 2.17 bits per heavy atom. The highest BCUT2D eigenvalue weighted by molar-refractivity contribution is 6.33. The van der Waals surface area contributed by atoms with Gasteiger partial charge in [-0.05, 0) is 24.6 Å². The van der Waals surface area contributed by atoms with Gasteiger partial charge in [-0.15, -0.1) is 0 Å². The number of rotatable bonds is 5. The number of carbonyl (C=O) groups is 2. The summed E-state index contributed by atoms with van der Waals surface area (Å²) in [4.78, 5) is 22.4. The Kier molecular flexibility index (Phi) is 5.12. The third kappa shape index (κ3) is 3.72. The fourth-order valence-electron chi connectivity index (χ4n) is 1.44. The van der Waals surface area contributed by atoms with Crippen LogP contribution in [0.3, 0.4) is 0 Å². The van der Waals surface area contributed by atoms with Gasteiger partial charge in [-0.1, -0.05) is 24.9 Å². The minimum absolute atomic E-state index is 0.00692. The van der Waals surface area contributed by atoms with E-state index in [4.69, 9.17) is 22.4 Å². The highest BCUT2D eigenvalue weighted by Gasteiger charge is 2.14. The summed E-state index contributed by atoms with van der Waals surface area (Å²) in [5.74, 6) is -1.42. The summed E-state index contributed by atoms with van der Waals surface area (Å²) < 4.78 is 0. The van der Waals surface area contributed by atoms with Crippen LogP contribution < -0.4 is 11.1 Å². The maximum atomic E-state index is 11.6. The number of carboxylic acids is 1. The maximum Gasteiger partial charge on any atom is 0.337 e. The van der Waals surface area contributed by atoms with Crippen molar-refractivity contribution in [1.29, 1.82) is 0 Å². The zero-order chi connectivity index (χ0) is 13.7. The molecule has 0 fully saturated rings. The smallest absolute Gasteiger partial charge is 0.337 e. The van der Waals surface area contributed by atoms with E-state index in [-0.39, 0.29) is 16.5 Å². The SMILES string of the molecule is CCC[C@@H](N)C(=O)Nc1ccc(C(=O)O)c(Cl)c1. The van der Waals surface area contributed by atoms with Gasteiger partial charge < -0.3 is 16.2 Å². The minimum Gasteiger partial charge on any atom is -0.478 e. The Hall–Kier alpha value is -1.59. The Morgan fingerprint density at radius 3 is 2.67 bits per heavy atom. The zero-order valence-corrected chi connectivity index (χ0v) is 10.7. The van der Waals surface area contributed by atoms with Gasteiger partial charge >= 0.3 is 5.97 Å². The van der Waals surface area contributed by atoms with E-state index in [0.29, 0.717) is 12.1 Å². The molecule has 0 saturated heterocycles. The first-order chi connectivity index (χ1) is 8.45. The Labute approximate surface area is 110 Å². The van der Waals surface area contributed by atoms with Crippen molar-refractivity contribution in [1.82, 2.24) is 0 Å². The Morgan fingerprint density at radius 1 is 1.50 bits per heavy atom. The molecule has 1 atom stereocenters. The van der Waals surface area contributed by atoms with Crippen LogP contribution in [0.15, 0.2) is 18.2 Å². The lowest BCUT2D eigenvalue weighted by Crippen LogP contribution is -2.35. The lowest BCUT2D eigenvalue weighted by atomic mass is 10.1. The number of hydrogen-bond acceptors (Lipinski definition) is 3. The summed E-state index contributed by atoms with van der Waals surface area (Å²) >= 11 is 5.79. The van der Waals surface area contributed by atoms with E-state index >= 15 is 0 Å². The molecule has 0 spiro atoms. The molecule has 0 aliphatic rings. The van der Waals surface area contributed by atoms with Crippen molar-refractivity contribution in [2.24, 2.45) is 5.73 Å². The van der Waals surface area contributed by atoms with E-state index in [0.717, 1.165) is 6.42 Å². The average molecular weight is 271 g/mol. The minimum atomic E-state index is -1.11. The number of carboxylic acid groups (broad SMARTS) is 1. The molecule has 6 heteroatoms. The van der Waals surface area contributed by atoms with Crippen LogP contribution in [0.4, 0.5) is 5.69 Å². The second-order valence-corrected chi connectivity index (χ2v) is 4.29. The molecule has 98 valence electrons. The normalized spacial score (nSPS) is 11.9. The molecule has 0 aliphatic carbocycles. The fourth-order valence-corrected chi connectivity index (χ4v) is 1.70. The molecular weight excluding hydrogens is 256 g/mol. The van der Waals surface area contributed by atoms with Gasteiger partial charge in [0.25, 0.3) is 0 Å². The van der Waals surface area contributed by atoms with E-state index in [1.807, 2.05) is 6.92 Å². The van der Waals surface area contributed by atoms with Gasteiger partial charge in [-0.25, -0.2) is 4.79 Å². The number of carbonyl (C=O) groups excluding carboxylic acids is 1. The molecule has 18 heavy (non-hydrogen) atoms. The molecule has 0 radical (unpaired) electrons. The number of benzene rings is 1. The number of anilines is 1. The van der Waals surface area contributed by atoms with Crippen molar-refractivity contribution in [3.05, 3.63) is 28.8 Å². The van der Waals surface area contributed by atoms with Crippen molar-refractivity contribution in [3.8, 4) is 0 Å². The molecular formula is C12H15ClN2O3. The van der Waals surface area contributed by atoms with Crippen LogP contribution in [-0.2, 0) is 4.79 Å². The van der Waals surface area contributed by atoms with Crippen molar-refractivity contribution >= 4 is 29.2 Å². The fraction of sp³-hybridized carbons (Fsp3) is 0.333. The molecule has 0 saturated carbocycles. The molecule has 0 unspecified atom stereocenters. The first kappa shape index (κ1) is 14.5. The van der Waals surface area contributed by atoms with Crippen molar-refractivity contribution in [3.63, 3.8) is 0 Å². The third-order valence-corrected chi connectivity index (χ3v) is 2.72. The lowest BCUT2D eigenvalue weighted by molar-refractivity contribution is -0.117. The van der Waals surface area contributed by atoms with Gasteiger partial charge in [0.05, 0.1) is 16.6 Å². The molecule has 0 aromatic heterocycles. The summed E-state index contributed by atoms with van der Waals surface area (Å²) in [6.45, 7) is 1.94. The van der Waals surface area contributed by atoms with Gasteiger partial charge in [0, 0.05) is 5.69 Å². The number of nitrogens with one attached hydrogen (secondary N) is 1. The molecule has 1 aromatic rings. The van der Waals surface area contributed by atoms with E-state index < -0.39 is 12.0 Å². The molecule has 4 N–H and O–H groups in total. The topological polar surface area (TPSA) is 92.4 Å². The van der Waals surface area contributed by atoms with Crippen LogP contribution in [0.2, 0.25) is 5.02 Å². The van der Waals surface area contributed by atoms with E-state index in [1.165, 1.54) is 18.2 Å². The van der Waals surface area contributed by atoms with E-state index in [1.54, 1.807) is 0 Å². The first-order valence-electron chi connectivity index (χ1n) is 5.55. The van der Waals surface area contributed by atoms with Gasteiger partial charge in [-0.2, -0.15) is 0 Å².